The van der Waals surface area contributed by atoms with E-state index in [2.05, 4.69) is 10.6 Å². The van der Waals surface area contributed by atoms with E-state index in [0.717, 1.165) is 24.0 Å². The zero-order valence-corrected chi connectivity index (χ0v) is 14.6. The number of fused-ring (bicyclic) bond motifs is 1. The van der Waals surface area contributed by atoms with Gasteiger partial charge in [-0.1, -0.05) is 18.2 Å². The maximum atomic E-state index is 12.4. The van der Waals surface area contributed by atoms with Gasteiger partial charge in [0.25, 0.3) is 0 Å². The maximum Gasteiger partial charge on any atom is 0.338 e. The predicted molar refractivity (Wildman–Crippen MR) is 99.5 cm³/mol. The van der Waals surface area contributed by atoms with E-state index in [1.807, 2.05) is 18.2 Å². The van der Waals surface area contributed by atoms with Gasteiger partial charge in [-0.2, -0.15) is 0 Å². The summed E-state index contributed by atoms with van der Waals surface area (Å²) >= 11 is 0. The minimum absolute atomic E-state index is 0.294. The molecule has 0 saturated heterocycles. The molecule has 0 aliphatic heterocycles. The summed E-state index contributed by atoms with van der Waals surface area (Å²) < 4.78 is 4.96. The number of carbonyl (C=O) groups is 2. The van der Waals surface area contributed by atoms with Crippen molar-refractivity contribution in [2.75, 3.05) is 17.2 Å². The highest BCUT2D eigenvalue weighted by Crippen LogP contribution is 2.28. The third kappa shape index (κ3) is 4.21. The van der Waals surface area contributed by atoms with Gasteiger partial charge in [-0.3, -0.25) is 0 Å². The van der Waals surface area contributed by atoms with Crippen molar-refractivity contribution in [1.82, 2.24) is 0 Å². The van der Waals surface area contributed by atoms with Crippen LogP contribution in [-0.4, -0.2) is 29.8 Å². The summed E-state index contributed by atoms with van der Waals surface area (Å²) in [5.41, 5.74) is 3.70. The summed E-state index contributed by atoms with van der Waals surface area (Å²) in [4.78, 5) is 24.1. The topological polar surface area (TPSA) is 87.7 Å². The molecule has 6 heteroatoms. The van der Waals surface area contributed by atoms with E-state index in [-0.39, 0.29) is 6.10 Å². The molecule has 26 heavy (non-hydrogen) atoms. The van der Waals surface area contributed by atoms with Crippen molar-refractivity contribution in [2.24, 2.45) is 0 Å². The molecule has 0 unspecified atom stereocenters. The van der Waals surface area contributed by atoms with Gasteiger partial charge in [0.05, 0.1) is 18.3 Å². The fourth-order valence-corrected chi connectivity index (χ4v) is 3.11. The second-order valence-corrected chi connectivity index (χ2v) is 6.22. The highest BCUT2D eigenvalue weighted by atomic mass is 16.5. The maximum absolute atomic E-state index is 12.4. The number of aliphatic hydroxyl groups is 1. The van der Waals surface area contributed by atoms with Gasteiger partial charge >= 0.3 is 12.0 Å². The van der Waals surface area contributed by atoms with Crippen LogP contribution < -0.4 is 10.6 Å². The first-order valence-electron chi connectivity index (χ1n) is 8.71. The Bertz CT molecular complexity index is 819. The van der Waals surface area contributed by atoms with E-state index in [4.69, 9.17) is 4.74 Å². The normalized spacial score (nSPS) is 15.7. The molecule has 1 aliphatic carbocycles. The van der Waals surface area contributed by atoms with E-state index in [0.29, 0.717) is 30.0 Å². The molecule has 6 nitrogen and oxygen atoms in total. The molecule has 136 valence electrons. The zero-order valence-electron chi connectivity index (χ0n) is 14.6. The van der Waals surface area contributed by atoms with E-state index in [1.54, 1.807) is 31.2 Å². The molecule has 2 aromatic rings. The first-order valence-corrected chi connectivity index (χ1v) is 8.71. The van der Waals surface area contributed by atoms with Crippen LogP contribution in [0.1, 0.15) is 34.8 Å². The highest BCUT2D eigenvalue weighted by molar-refractivity contribution is 6.01. The van der Waals surface area contributed by atoms with E-state index in [9.17, 15) is 14.7 Å². The number of benzene rings is 2. The number of hydrogen-bond donors (Lipinski definition) is 3. The van der Waals surface area contributed by atoms with Gasteiger partial charge in [-0.25, -0.2) is 9.59 Å². The summed E-state index contributed by atoms with van der Waals surface area (Å²) in [5.74, 6) is -0.428. The molecule has 0 radical (unpaired) electrons. The first-order chi connectivity index (χ1) is 12.6. The smallest absolute Gasteiger partial charge is 0.338 e. The number of nitrogens with one attached hydrogen (secondary N) is 2. The molecule has 3 rings (SSSR count). The van der Waals surface area contributed by atoms with Crippen molar-refractivity contribution in [3.8, 4) is 0 Å². The first kappa shape index (κ1) is 17.9. The van der Waals surface area contributed by atoms with E-state index < -0.39 is 12.0 Å². The number of aryl methyl sites for hydroxylation is 1. The minimum Gasteiger partial charge on any atom is -0.462 e. The summed E-state index contributed by atoms with van der Waals surface area (Å²) in [6.07, 6.45) is 1.69. The van der Waals surface area contributed by atoms with Crippen LogP contribution in [0.5, 0.6) is 0 Å². The third-order valence-electron chi connectivity index (χ3n) is 4.34. The van der Waals surface area contributed by atoms with Crippen LogP contribution in [0.3, 0.4) is 0 Å². The average molecular weight is 354 g/mol. The molecule has 0 saturated carbocycles. The largest absolute Gasteiger partial charge is 0.462 e. The molecule has 0 heterocycles. The number of anilines is 2. The van der Waals surface area contributed by atoms with Crippen LogP contribution in [0.15, 0.2) is 42.5 Å². The Morgan fingerprint density at radius 3 is 2.81 bits per heavy atom. The molecule has 0 fully saturated rings. The fourth-order valence-electron chi connectivity index (χ4n) is 3.11. The molecule has 1 atom stereocenters. The van der Waals surface area contributed by atoms with Gasteiger partial charge in [0.15, 0.2) is 0 Å². The summed E-state index contributed by atoms with van der Waals surface area (Å²) in [7, 11) is 0. The molecular weight excluding hydrogens is 332 g/mol. The van der Waals surface area contributed by atoms with Crippen LogP contribution in [0.4, 0.5) is 16.2 Å². The van der Waals surface area contributed by atoms with Gasteiger partial charge in [-0.05, 0) is 55.2 Å². The number of urea groups is 1. The summed E-state index contributed by atoms with van der Waals surface area (Å²) in [5, 5.41) is 15.5. The standard InChI is InChI=1S/C20H22N2O4/c1-2-26-19(24)14-6-3-7-15(11-14)21-20(25)22-18-8-4-5-13-9-10-16(23)12-17(13)18/h3-8,11,16,23H,2,9-10,12H2,1H3,(H2,21,22,25)/t16-/m0/s1. The molecule has 2 aromatic carbocycles. The number of aliphatic hydroxyl groups excluding tert-OH is 1. The molecular formula is C20H22N2O4. The lowest BCUT2D eigenvalue weighted by Gasteiger charge is -2.23. The predicted octanol–water partition coefficient (Wildman–Crippen LogP) is 3.36. The molecule has 2 amide bonds. The Morgan fingerprint density at radius 2 is 2.00 bits per heavy atom. The summed E-state index contributed by atoms with van der Waals surface area (Å²) in [6.45, 7) is 2.03. The van der Waals surface area contributed by atoms with Crippen molar-refractivity contribution in [1.29, 1.82) is 0 Å². The van der Waals surface area contributed by atoms with E-state index >= 15 is 0 Å². The van der Waals surface area contributed by atoms with Crippen molar-refractivity contribution in [3.05, 3.63) is 59.2 Å². The molecule has 3 N–H and O–H groups in total. The van der Waals surface area contributed by atoms with Gasteiger partial charge < -0.3 is 20.5 Å². The number of esters is 1. The Kier molecular flexibility index (Phi) is 5.53. The SMILES string of the molecule is CCOC(=O)c1cccc(NC(=O)Nc2cccc3c2C[C@@H](O)CC3)c1. The third-order valence-corrected chi connectivity index (χ3v) is 4.34. The van der Waals surface area contributed by atoms with Crippen molar-refractivity contribution >= 4 is 23.4 Å². The van der Waals surface area contributed by atoms with Gasteiger partial charge in [0.2, 0.25) is 0 Å². The number of hydrogen-bond acceptors (Lipinski definition) is 4. The lowest BCUT2D eigenvalue weighted by atomic mass is 9.88. The number of ether oxygens (including phenoxy) is 1. The lowest BCUT2D eigenvalue weighted by molar-refractivity contribution is 0.0526. The zero-order chi connectivity index (χ0) is 18.5. The van der Waals surface area contributed by atoms with Crippen molar-refractivity contribution < 1.29 is 19.4 Å². The number of carbonyl (C=O) groups excluding carboxylic acids is 2. The average Bonchev–Trinajstić information content (AvgIpc) is 2.62. The van der Waals surface area contributed by atoms with Crippen molar-refractivity contribution in [2.45, 2.75) is 32.3 Å². The van der Waals surface area contributed by atoms with Crippen LogP contribution >= 0.6 is 0 Å². The second-order valence-electron chi connectivity index (χ2n) is 6.22. The molecule has 0 spiro atoms. The number of rotatable bonds is 4. The Hall–Kier alpha value is -2.86. The van der Waals surface area contributed by atoms with Gasteiger partial charge in [0, 0.05) is 17.8 Å². The van der Waals surface area contributed by atoms with Gasteiger partial charge in [0.1, 0.15) is 0 Å². The quantitative estimate of drug-likeness (QED) is 0.735. The Morgan fingerprint density at radius 1 is 1.19 bits per heavy atom. The Balaban J connectivity index is 1.70. The second kappa shape index (κ2) is 8.01. The van der Waals surface area contributed by atoms with E-state index in [1.165, 1.54) is 0 Å². The molecule has 0 bridgehead atoms. The van der Waals surface area contributed by atoms with Gasteiger partial charge in [-0.15, -0.1) is 0 Å². The minimum atomic E-state index is -0.428. The lowest BCUT2D eigenvalue weighted by Crippen LogP contribution is -2.24. The van der Waals surface area contributed by atoms with Crippen LogP contribution in [-0.2, 0) is 17.6 Å². The molecule has 1 aliphatic rings. The fraction of sp³-hybridized carbons (Fsp3) is 0.300. The number of amides is 2. The monoisotopic (exact) mass is 354 g/mol. The van der Waals surface area contributed by atoms with Crippen LogP contribution in [0, 0.1) is 0 Å². The Labute approximate surface area is 152 Å². The molecule has 0 aromatic heterocycles. The van der Waals surface area contributed by atoms with Crippen LogP contribution in [0.25, 0.3) is 0 Å². The van der Waals surface area contributed by atoms with Crippen molar-refractivity contribution in [3.63, 3.8) is 0 Å². The highest BCUT2D eigenvalue weighted by Gasteiger charge is 2.20. The summed E-state index contributed by atoms with van der Waals surface area (Å²) in [6, 6.07) is 11.9. The van der Waals surface area contributed by atoms with Crippen LogP contribution in [0.2, 0.25) is 0 Å².